The van der Waals surface area contributed by atoms with Gasteiger partial charge in [0.05, 0.1) is 0 Å². The molecule has 0 aliphatic rings. The van der Waals surface area contributed by atoms with Gasteiger partial charge in [-0.3, -0.25) is 9.59 Å². The highest BCUT2D eigenvalue weighted by molar-refractivity contribution is 5.90. The number of hydrogen-bond acceptors (Lipinski definition) is 5. The fourth-order valence-corrected chi connectivity index (χ4v) is 1.92. The van der Waals surface area contributed by atoms with Crippen molar-refractivity contribution in [3.8, 4) is 0 Å². The average molecular weight is 293 g/mol. The SMILES string of the molecule is NCc1ccc(NC(=O)CCCCCCC(=O)ON)cc1. The van der Waals surface area contributed by atoms with Gasteiger partial charge >= 0.3 is 5.97 Å². The van der Waals surface area contributed by atoms with Gasteiger partial charge in [0.1, 0.15) is 0 Å². The van der Waals surface area contributed by atoms with Crippen molar-refractivity contribution in [2.75, 3.05) is 5.32 Å². The van der Waals surface area contributed by atoms with Gasteiger partial charge in [-0.25, -0.2) is 0 Å². The van der Waals surface area contributed by atoms with Crippen LogP contribution in [0.2, 0.25) is 0 Å². The van der Waals surface area contributed by atoms with E-state index in [0.29, 0.717) is 19.4 Å². The molecule has 0 aliphatic carbocycles. The van der Waals surface area contributed by atoms with Crippen LogP contribution in [0.3, 0.4) is 0 Å². The van der Waals surface area contributed by atoms with Crippen LogP contribution in [-0.4, -0.2) is 11.9 Å². The van der Waals surface area contributed by atoms with Gasteiger partial charge in [-0.05, 0) is 30.5 Å². The van der Waals surface area contributed by atoms with Gasteiger partial charge in [-0.15, -0.1) is 0 Å². The smallest absolute Gasteiger partial charge is 0.324 e. The van der Waals surface area contributed by atoms with Crippen LogP contribution < -0.4 is 16.9 Å². The number of carbonyl (C=O) groups excluding carboxylic acids is 2. The lowest BCUT2D eigenvalue weighted by Crippen LogP contribution is -2.11. The monoisotopic (exact) mass is 293 g/mol. The Balaban J connectivity index is 2.12. The van der Waals surface area contributed by atoms with Gasteiger partial charge in [0.25, 0.3) is 0 Å². The number of rotatable bonds is 9. The molecule has 0 fully saturated rings. The molecule has 6 nitrogen and oxygen atoms in total. The van der Waals surface area contributed by atoms with E-state index in [1.54, 1.807) is 0 Å². The van der Waals surface area contributed by atoms with E-state index in [1.165, 1.54) is 0 Å². The first kappa shape index (κ1) is 17.1. The summed E-state index contributed by atoms with van der Waals surface area (Å²) in [6.45, 7) is 0.492. The zero-order chi connectivity index (χ0) is 15.5. The van der Waals surface area contributed by atoms with Crippen molar-refractivity contribution in [3.05, 3.63) is 29.8 Å². The summed E-state index contributed by atoms with van der Waals surface area (Å²) in [5.74, 6) is 4.34. The van der Waals surface area contributed by atoms with Crippen LogP contribution in [0.15, 0.2) is 24.3 Å². The molecule has 1 amide bonds. The van der Waals surface area contributed by atoms with Crippen LogP contribution in [0.4, 0.5) is 5.69 Å². The molecule has 0 atom stereocenters. The van der Waals surface area contributed by atoms with E-state index in [9.17, 15) is 9.59 Å². The summed E-state index contributed by atoms with van der Waals surface area (Å²) < 4.78 is 0. The Bertz CT molecular complexity index is 446. The van der Waals surface area contributed by atoms with Gasteiger partial charge in [-0.1, -0.05) is 25.0 Å². The number of unbranched alkanes of at least 4 members (excludes halogenated alkanes) is 3. The molecule has 0 saturated carbocycles. The van der Waals surface area contributed by atoms with E-state index in [-0.39, 0.29) is 5.91 Å². The second-order valence-corrected chi connectivity index (χ2v) is 4.85. The molecule has 6 heteroatoms. The third-order valence-corrected chi connectivity index (χ3v) is 3.14. The van der Waals surface area contributed by atoms with Crippen LogP contribution in [0.5, 0.6) is 0 Å². The van der Waals surface area contributed by atoms with Crippen molar-refractivity contribution in [2.45, 2.75) is 45.1 Å². The molecule has 1 rings (SSSR count). The molecule has 0 unspecified atom stereocenters. The summed E-state index contributed by atoms with van der Waals surface area (Å²) in [5.41, 5.74) is 7.32. The number of benzene rings is 1. The first-order valence-corrected chi connectivity index (χ1v) is 7.14. The fourth-order valence-electron chi connectivity index (χ4n) is 1.92. The molecule has 1 aromatic carbocycles. The highest BCUT2D eigenvalue weighted by Gasteiger charge is 2.03. The summed E-state index contributed by atoms with van der Waals surface area (Å²) in [6, 6.07) is 7.48. The fraction of sp³-hybridized carbons (Fsp3) is 0.467. The Kier molecular flexibility index (Phi) is 8.08. The minimum absolute atomic E-state index is 0.00290. The van der Waals surface area contributed by atoms with Gasteiger partial charge < -0.3 is 15.9 Å². The summed E-state index contributed by atoms with van der Waals surface area (Å²) in [7, 11) is 0. The number of anilines is 1. The molecule has 21 heavy (non-hydrogen) atoms. The second kappa shape index (κ2) is 9.90. The predicted molar refractivity (Wildman–Crippen MR) is 80.9 cm³/mol. The van der Waals surface area contributed by atoms with Gasteiger partial charge in [-0.2, -0.15) is 5.90 Å². The van der Waals surface area contributed by atoms with Crippen LogP contribution in [-0.2, 0) is 21.0 Å². The summed E-state index contributed by atoms with van der Waals surface area (Å²) in [5, 5.41) is 2.84. The Morgan fingerprint density at radius 2 is 1.62 bits per heavy atom. The minimum Gasteiger partial charge on any atom is -0.373 e. The van der Waals surface area contributed by atoms with Crippen molar-refractivity contribution in [3.63, 3.8) is 0 Å². The highest BCUT2D eigenvalue weighted by atomic mass is 16.7. The van der Waals surface area contributed by atoms with E-state index in [2.05, 4.69) is 10.2 Å². The molecule has 5 N–H and O–H groups in total. The minimum atomic E-state index is -0.395. The quantitative estimate of drug-likeness (QED) is 0.475. The Labute approximate surface area is 124 Å². The van der Waals surface area contributed by atoms with Crippen LogP contribution in [0.1, 0.15) is 44.1 Å². The molecule has 0 aromatic heterocycles. The molecule has 0 bridgehead atoms. The van der Waals surface area contributed by atoms with Gasteiger partial charge in [0.2, 0.25) is 5.91 Å². The van der Waals surface area contributed by atoms with Gasteiger partial charge in [0.15, 0.2) is 0 Å². The topological polar surface area (TPSA) is 107 Å². The van der Waals surface area contributed by atoms with E-state index >= 15 is 0 Å². The third-order valence-electron chi connectivity index (χ3n) is 3.14. The molecule has 0 spiro atoms. The molecular formula is C15H23N3O3. The maximum absolute atomic E-state index is 11.7. The number of amides is 1. The number of hydrogen-bond donors (Lipinski definition) is 3. The van der Waals surface area contributed by atoms with Crippen LogP contribution >= 0.6 is 0 Å². The van der Waals surface area contributed by atoms with Crippen molar-refractivity contribution in [1.29, 1.82) is 0 Å². The number of carbonyl (C=O) groups is 2. The lowest BCUT2D eigenvalue weighted by atomic mass is 10.1. The normalized spacial score (nSPS) is 10.2. The zero-order valence-electron chi connectivity index (χ0n) is 12.1. The predicted octanol–water partition coefficient (Wildman–Crippen LogP) is 1.84. The molecule has 0 radical (unpaired) electrons. The van der Waals surface area contributed by atoms with E-state index in [1.807, 2.05) is 24.3 Å². The lowest BCUT2D eigenvalue weighted by Gasteiger charge is -2.06. The maximum atomic E-state index is 11.7. The molecular weight excluding hydrogens is 270 g/mol. The lowest BCUT2D eigenvalue weighted by molar-refractivity contribution is -0.144. The Hall–Kier alpha value is -1.92. The van der Waals surface area contributed by atoms with Crippen LogP contribution in [0, 0.1) is 0 Å². The summed E-state index contributed by atoms with van der Waals surface area (Å²) >= 11 is 0. The molecule has 0 aliphatic heterocycles. The largest absolute Gasteiger partial charge is 0.373 e. The van der Waals surface area contributed by atoms with Crippen molar-refractivity contribution >= 4 is 17.6 Å². The molecule has 116 valence electrons. The summed E-state index contributed by atoms with van der Waals surface area (Å²) in [4.78, 5) is 26.6. The Morgan fingerprint density at radius 1 is 1.00 bits per heavy atom. The molecule has 1 aromatic rings. The maximum Gasteiger partial charge on any atom is 0.324 e. The van der Waals surface area contributed by atoms with Crippen molar-refractivity contribution < 1.29 is 14.4 Å². The van der Waals surface area contributed by atoms with Crippen molar-refractivity contribution in [2.24, 2.45) is 11.6 Å². The van der Waals surface area contributed by atoms with E-state index < -0.39 is 5.97 Å². The summed E-state index contributed by atoms with van der Waals surface area (Å²) in [6.07, 6.45) is 4.11. The number of nitrogens with two attached hydrogens (primary N) is 2. The average Bonchev–Trinajstić information content (AvgIpc) is 2.51. The van der Waals surface area contributed by atoms with Gasteiger partial charge in [0, 0.05) is 25.1 Å². The first-order valence-electron chi connectivity index (χ1n) is 7.14. The number of nitrogens with one attached hydrogen (secondary N) is 1. The van der Waals surface area contributed by atoms with E-state index in [0.717, 1.165) is 36.9 Å². The molecule has 0 heterocycles. The van der Waals surface area contributed by atoms with Crippen LogP contribution in [0.25, 0.3) is 0 Å². The highest BCUT2D eigenvalue weighted by Crippen LogP contribution is 2.11. The molecule has 0 saturated heterocycles. The zero-order valence-corrected chi connectivity index (χ0v) is 12.1. The van der Waals surface area contributed by atoms with Crippen molar-refractivity contribution in [1.82, 2.24) is 0 Å². The second-order valence-electron chi connectivity index (χ2n) is 4.85. The Morgan fingerprint density at radius 3 is 2.19 bits per heavy atom. The first-order chi connectivity index (χ1) is 10.2. The third kappa shape index (κ3) is 7.43. The standard InChI is InChI=1S/C15H23N3O3/c16-11-12-7-9-13(10-8-12)18-14(19)5-3-1-2-4-6-15(20)21-17/h7-10H,1-6,11,16-17H2,(H,18,19). The van der Waals surface area contributed by atoms with E-state index in [4.69, 9.17) is 11.6 Å².